The number of hydrogen-bond acceptors (Lipinski definition) is 5. The Morgan fingerprint density at radius 1 is 1.21 bits per heavy atom. The lowest BCUT2D eigenvalue weighted by atomic mass is 10.3. The maximum absolute atomic E-state index is 10.7. The van der Waals surface area contributed by atoms with Crippen molar-refractivity contribution in [2.45, 2.75) is 6.92 Å². The molecule has 0 radical (unpaired) electrons. The minimum atomic E-state index is -0.486. The van der Waals surface area contributed by atoms with Crippen LogP contribution >= 0.6 is 0 Å². The van der Waals surface area contributed by atoms with Crippen molar-refractivity contribution in [3.05, 3.63) is 52.3 Å². The van der Waals surface area contributed by atoms with Crippen molar-refractivity contribution in [1.82, 2.24) is 4.98 Å². The number of aromatic nitrogens is 1. The predicted molar refractivity (Wildman–Crippen MR) is 68.7 cm³/mol. The summed E-state index contributed by atoms with van der Waals surface area (Å²) in [5.74, 6) is 1.24. The summed E-state index contributed by atoms with van der Waals surface area (Å²) in [5, 5.41) is 10.7. The molecule has 0 fully saturated rings. The molecular formula is C13H12N2O4. The third-order valence-electron chi connectivity index (χ3n) is 2.47. The molecule has 1 heterocycles. The average molecular weight is 260 g/mol. The molecule has 6 heteroatoms. The Hall–Kier alpha value is -2.63. The number of nitrogens with zero attached hydrogens (tertiary/aromatic N) is 2. The summed E-state index contributed by atoms with van der Waals surface area (Å²) < 4.78 is 10.7. The molecule has 2 aromatic rings. The van der Waals surface area contributed by atoms with Crippen LogP contribution in [0.4, 0.5) is 5.69 Å². The number of nitro benzene ring substituents is 1. The second kappa shape index (κ2) is 5.34. The van der Waals surface area contributed by atoms with Crippen molar-refractivity contribution in [3.63, 3.8) is 0 Å². The van der Waals surface area contributed by atoms with Gasteiger partial charge in [0, 0.05) is 11.8 Å². The Morgan fingerprint density at radius 2 is 2.00 bits per heavy atom. The second-order valence-corrected chi connectivity index (χ2v) is 3.83. The molecule has 0 saturated heterocycles. The largest absolute Gasteiger partial charge is 0.493 e. The fourth-order valence-electron chi connectivity index (χ4n) is 1.50. The van der Waals surface area contributed by atoms with E-state index in [2.05, 4.69) is 4.98 Å². The fourth-order valence-corrected chi connectivity index (χ4v) is 1.50. The Bertz CT molecular complexity index is 596. The number of rotatable bonds is 4. The molecule has 0 unspecified atom stereocenters. The van der Waals surface area contributed by atoms with E-state index in [0.717, 1.165) is 5.69 Å². The van der Waals surface area contributed by atoms with E-state index in [1.807, 2.05) is 13.0 Å². The van der Waals surface area contributed by atoms with Gasteiger partial charge in [0.25, 0.3) is 5.69 Å². The van der Waals surface area contributed by atoms with Crippen LogP contribution in [0.15, 0.2) is 36.5 Å². The fraction of sp³-hybridized carbons (Fsp3) is 0.154. The van der Waals surface area contributed by atoms with E-state index in [1.165, 1.54) is 25.3 Å². The summed E-state index contributed by atoms with van der Waals surface area (Å²) in [7, 11) is 1.43. The molecule has 6 nitrogen and oxygen atoms in total. The molecule has 98 valence electrons. The average Bonchev–Trinajstić information content (AvgIpc) is 2.41. The van der Waals surface area contributed by atoms with Crippen molar-refractivity contribution < 1.29 is 14.4 Å². The van der Waals surface area contributed by atoms with Gasteiger partial charge in [-0.2, -0.15) is 0 Å². The van der Waals surface area contributed by atoms with Gasteiger partial charge in [0.05, 0.1) is 24.3 Å². The van der Waals surface area contributed by atoms with E-state index < -0.39 is 4.92 Å². The predicted octanol–water partition coefficient (Wildman–Crippen LogP) is 3.10. The standard InChI is InChI=1S/C13H12N2O4/c1-9-3-5-11(8-14-9)19-12-6-4-10(15(16)17)7-13(12)18-2/h3-8H,1-2H3. The number of ether oxygens (including phenoxy) is 2. The van der Waals surface area contributed by atoms with Crippen molar-refractivity contribution in [2.75, 3.05) is 7.11 Å². The number of pyridine rings is 1. The number of methoxy groups -OCH3 is 1. The van der Waals surface area contributed by atoms with E-state index in [-0.39, 0.29) is 5.69 Å². The van der Waals surface area contributed by atoms with Gasteiger partial charge in [-0.15, -0.1) is 0 Å². The zero-order chi connectivity index (χ0) is 13.8. The van der Waals surface area contributed by atoms with Crippen LogP contribution in [0.3, 0.4) is 0 Å². The number of benzene rings is 1. The zero-order valence-electron chi connectivity index (χ0n) is 10.5. The smallest absolute Gasteiger partial charge is 0.273 e. The van der Waals surface area contributed by atoms with Gasteiger partial charge in [0.2, 0.25) is 0 Å². The molecular weight excluding hydrogens is 248 g/mol. The van der Waals surface area contributed by atoms with Crippen LogP contribution in [-0.2, 0) is 0 Å². The molecule has 0 aliphatic rings. The van der Waals surface area contributed by atoms with E-state index in [4.69, 9.17) is 9.47 Å². The Kier molecular flexibility index (Phi) is 3.61. The molecule has 0 aliphatic heterocycles. The summed E-state index contributed by atoms with van der Waals surface area (Å²) in [4.78, 5) is 14.3. The Labute approximate surface area is 109 Å². The third kappa shape index (κ3) is 2.98. The first-order valence-electron chi connectivity index (χ1n) is 5.53. The summed E-state index contributed by atoms with van der Waals surface area (Å²) in [5.41, 5.74) is 0.828. The minimum absolute atomic E-state index is 0.0498. The van der Waals surface area contributed by atoms with Crippen molar-refractivity contribution in [3.8, 4) is 17.2 Å². The Balaban J connectivity index is 2.29. The summed E-state index contributed by atoms with van der Waals surface area (Å²) in [6.07, 6.45) is 1.58. The van der Waals surface area contributed by atoms with Gasteiger partial charge >= 0.3 is 0 Å². The van der Waals surface area contributed by atoms with Gasteiger partial charge in [0.1, 0.15) is 5.75 Å². The topological polar surface area (TPSA) is 74.5 Å². The van der Waals surface area contributed by atoms with Gasteiger partial charge in [-0.05, 0) is 25.1 Å². The Morgan fingerprint density at radius 3 is 2.58 bits per heavy atom. The zero-order valence-corrected chi connectivity index (χ0v) is 10.5. The molecule has 2 rings (SSSR count). The van der Waals surface area contributed by atoms with Gasteiger partial charge in [-0.25, -0.2) is 0 Å². The summed E-state index contributed by atoms with van der Waals surface area (Å²) >= 11 is 0. The third-order valence-corrected chi connectivity index (χ3v) is 2.47. The van der Waals surface area contributed by atoms with E-state index in [9.17, 15) is 10.1 Å². The molecule has 1 aromatic carbocycles. The molecule has 19 heavy (non-hydrogen) atoms. The maximum Gasteiger partial charge on any atom is 0.273 e. The van der Waals surface area contributed by atoms with Crippen LogP contribution in [0, 0.1) is 17.0 Å². The van der Waals surface area contributed by atoms with Crippen LogP contribution < -0.4 is 9.47 Å². The molecule has 0 saturated carbocycles. The highest BCUT2D eigenvalue weighted by atomic mass is 16.6. The number of nitro groups is 1. The molecule has 1 aromatic heterocycles. The van der Waals surface area contributed by atoms with Gasteiger partial charge in [-0.3, -0.25) is 15.1 Å². The highest BCUT2D eigenvalue weighted by Crippen LogP contribution is 2.34. The van der Waals surface area contributed by atoms with Crippen LogP contribution in [0.5, 0.6) is 17.2 Å². The first-order chi connectivity index (χ1) is 9.10. The van der Waals surface area contributed by atoms with Crippen LogP contribution in [0.1, 0.15) is 5.69 Å². The van der Waals surface area contributed by atoms with Crippen molar-refractivity contribution in [1.29, 1.82) is 0 Å². The van der Waals surface area contributed by atoms with Gasteiger partial charge in [0.15, 0.2) is 11.5 Å². The lowest BCUT2D eigenvalue weighted by molar-refractivity contribution is -0.384. The highest BCUT2D eigenvalue weighted by molar-refractivity contribution is 5.50. The first-order valence-corrected chi connectivity index (χ1v) is 5.53. The van der Waals surface area contributed by atoms with E-state index in [0.29, 0.717) is 17.2 Å². The monoisotopic (exact) mass is 260 g/mol. The molecule has 0 amide bonds. The highest BCUT2D eigenvalue weighted by Gasteiger charge is 2.12. The number of aryl methyl sites for hydroxylation is 1. The quantitative estimate of drug-likeness (QED) is 0.623. The van der Waals surface area contributed by atoms with Crippen molar-refractivity contribution in [2.24, 2.45) is 0 Å². The summed E-state index contributed by atoms with van der Waals surface area (Å²) in [6, 6.07) is 7.75. The second-order valence-electron chi connectivity index (χ2n) is 3.83. The van der Waals surface area contributed by atoms with Crippen molar-refractivity contribution >= 4 is 5.69 Å². The molecule has 0 bridgehead atoms. The van der Waals surface area contributed by atoms with E-state index >= 15 is 0 Å². The SMILES string of the molecule is COc1cc([N+](=O)[O-])ccc1Oc1ccc(C)nc1. The molecule has 0 N–H and O–H groups in total. The number of non-ortho nitro benzene ring substituents is 1. The van der Waals surface area contributed by atoms with Crippen LogP contribution in [0.2, 0.25) is 0 Å². The summed E-state index contributed by atoms with van der Waals surface area (Å²) in [6.45, 7) is 1.87. The molecule has 0 atom stereocenters. The molecule has 0 spiro atoms. The lowest BCUT2D eigenvalue weighted by Crippen LogP contribution is -1.94. The van der Waals surface area contributed by atoms with Gasteiger partial charge < -0.3 is 9.47 Å². The number of hydrogen-bond donors (Lipinski definition) is 0. The van der Waals surface area contributed by atoms with Crippen LogP contribution in [0.25, 0.3) is 0 Å². The van der Waals surface area contributed by atoms with Gasteiger partial charge in [-0.1, -0.05) is 0 Å². The molecule has 0 aliphatic carbocycles. The normalized spacial score (nSPS) is 10.0. The lowest BCUT2D eigenvalue weighted by Gasteiger charge is -2.09. The maximum atomic E-state index is 10.7. The van der Waals surface area contributed by atoms with Crippen LogP contribution in [-0.4, -0.2) is 17.0 Å². The first kappa shape index (κ1) is 12.8. The minimum Gasteiger partial charge on any atom is -0.493 e. The van der Waals surface area contributed by atoms with E-state index in [1.54, 1.807) is 12.3 Å².